The molecule has 1 saturated heterocycles. The molecule has 66 valence electrons. The third-order valence-corrected chi connectivity index (χ3v) is 2.00. The van der Waals surface area contributed by atoms with E-state index in [1.807, 2.05) is 7.05 Å². The first-order chi connectivity index (χ1) is 5.77. The van der Waals surface area contributed by atoms with Gasteiger partial charge in [-0.25, -0.2) is 4.99 Å². The Labute approximate surface area is 72.0 Å². The van der Waals surface area contributed by atoms with E-state index in [9.17, 15) is 4.79 Å². The van der Waals surface area contributed by atoms with E-state index in [1.54, 1.807) is 0 Å². The lowest BCUT2D eigenvalue weighted by molar-refractivity contribution is -0.106. The van der Waals surface area contributed by atoms with Crippen LogP contribution in [-0.2, 0) is 4.79 Å². The highest BCUT2D eigenvalue weighted by molar-refractivity contribution is 5.95. The second kappa shape index (κ2) is 4.11. The highest BCUT2D eigenvalue weighted by Gasteiger charge is 2.25. The van der Waals surface area contributed by atoms with Crippen LogP contribution >= 0.6 is 0 Å². The molecule has 1 aliphatic heterocycles. The van der Waals surface area contributed by atoms with Crippen molar-refractivity contribution < 1.29 is 4.79 Å². The SMILES string of the molecule is C=NCC1CN(C)CC1=NC=O. The molecule has 1 unspecified atom stereocenters. The van der Waals surface area contributed by atoms with Crippen molar-refractivity contribution in [2.45, 2.75) is 0 Å². The summed E-state index contributed by atoms with van der Waals surface area (Å²) in [4.78, 5) is 19.9. The van der Waals surface area contributed by atoms with Gasteiger partial charge in [0.1, 0.15) is 0 Å². The van der Waals surface area contributed by atoms with E-state index in [4.69, 9.17) is 0 Å². The first kappa shape index (κ1) is 9.06. The lowest BCUT2D eigenvalue weighted by Gasteiger charge is -2.05. The number of carbonyl (C=O) groups is 1. The third kappa shape index (κ3) is 1.98. The van der Waals surface area contributed by atoms with Gasteiger partial charge in [-0.2, -0.15) is 0 Å². The van der Waals surface area contributed by atoms with Crippen molar-refractivity contribution in [2.24, 2.45) is 15.9 Å². The highest BCUT2D eigenvalue weighted by atomic mass is 16.1. The van der Waals surface area contributed by atoms with E-state index in [-0.39, 0.29) is 5.92 Å². The minimum Gasteiger partial charge on any atom is -0.300 e. The van der Waals surface area contributed by atoms with E-state index in [0.29, 0.717) is 13.0 Å². The number of nitrogens with zero attached hydrogens (tertiary/aromatic N) is 3. The Bertz CT molecular complexity index is 212. The lowest BCUT2D eigenvalue weighted by Crippen LogP contribution is -2.15. The van der Waals surface area contributed by atoms with Gasteiger partial charge in [0.2, 0.25) is 6.41 Å². The summed E-state index contributed by atoms with van der Waals surface area (Å²) in [5.41, 5.74) is 0.930. The lowest BCUT2D eigenvalue weighted by atomic mass is 10.1. The van der Waals surface area contributed by atoms with Crippen LogP contribution in [0.2, 0.25) is 0 Å². The maximum absolute atomic E-state index is 10.2. The number of rotatable bonds is 3. The van der Waals surface area contributed by atoms with E-state index < -0.39 is 0 Å². The van der Waals surface area contributed by atoms with Crippen LogP contribution in [0.15, 0.2) is 9.98 Å². The molecule has 0 aromatic rings. The second-order valence-corrected chi connectivity index (χ2v) is 3.03. The van der Waals surface area contributed by atoms with Crippen LogP contribution in [-0.4, -0.2) is 50.4 Å². The Hall–Kier alpha value is -1.03. The molecule has 0 bridgehead atoms. The smallest absolute Gasteiger partial charge is 0.232 e. The van der Waals surface area contributed by atoms with Crippen molar-refractivity contribution in [3.8, 4) is 0 Å². The number of carbonyl (C=O) groups excluding carboxylic acids is 1. The standard InChI is InChI=1S/C8H13N3O/c1-9-3-7-4-11(2)5-8(7)10-6-12/h6-7H,1,3-5H2,2H3. The highest BCUT2D eigenvalue weighted by Crippen LogP contribution is 2.12. The minimum atomic E-state index is 0.290. The summed E-state index contributed by atoms with van der Waals surface area (Å²) in [5, 5.41) is 0. The predicted molar refractivity (Wildman–Crippen MR) is 48.9 cm³/mol. The Morgan fingerprint density at radius 3 is 3.17 bits per heavy atom. The summed E-state index contributed by atoms with van der Waals surface area (Å²) >= 11 is 0. The van der Waals surface area contributed by atoms with Gasteiger partial charge in [-0.05, 0) is 13.8 Å². The summed E-state index contributed by atoms with van der Waals surface area (Å²) in [6.07, 6.45) is 0.602. The number of likely N-dealkylation sites (tertiary alicyclic amines) is 1. The molecular formula is C8H13N3O. The Kier molecular flexibility index (Phi) is 3.10. The van der Waals surface area contributed by atoms with Crippen LogP contribution < -0.4 is 0 Å². The first-order valence-electron chi connectivity index (χ1n) is 3.89. The summed E-state index contributed by atoms with van der Waals surface area (Å²) < 4.78 is 0. The fourth-order valence-electron chi connectivity index (χ4n) is 1.48. The Balaban J connectivity index is 2.64. The quantitative estimate of drug-likeness (QED) is 0.433. The van der Waals surface area contributed by atoms with Gasteiger partial charge in [-0.15, -0.1) is 0 Å². The predicted octanol–water partition coefficient (Wildman–Crippen LogP) is -0.154. The molecule has 0 aromatic carbocycles. The molecule has 1 heterocycles. The van der Waals surface area contributed by atoms with Gasteiger partial charge >= 0.3 is 0 Å². The van der Waals surface area contributed by atoms with Gasteiger partial charge in [-0.1, -0.05) is 0 Å². The molecule has 0 spiro atoms. The largest absolute Gasteiger partial charge is 0.300 e. The molecule has 1 atom stereocenters. The van der Waals surface area contributed by atoms with Gasteiger partial charge in [-0.3, -0.25) is 4.79 Å². The molecule has 0 aromatic heterocycles. The van der Waals surface area contributed by atoms with E-state index in [0.717, 1.165) is 18.8 Å². The van der Waals surface area contributed by atoms with Crippen molar-refractivity contribution in [3.63, 3.8) is 0 Å². The van der Waals surface area contributed by atoms with E-state index >= 15 is 0 Å². The molecule has 4 nitrogen and oxygen atoms in total. The van der Waals surface area contributed by atoms with Gasteiger partial charge in [0.25, 0.3) is 0 Å². The van der Waals surface area contributed by atoms with E-state index in [2.05, 4.69) is 21.6 Å². The molecule has 1 amide bonds. The molecule has 1 aliphatic rings. The van der Waals surface area contributed by atoms with Gasteiger partial charge in [0.15, 0.2) is 0 Å². The zero-order valence-electron chi connectivity index (χ0n) is 7.23. The van der Waals surface area contributed by atoms with Crippen molar-refractivity contribution >= 4 is 18.8 Å². The van der Waals surface area contributed by atoms with Gasteiger partial charge in [0, 0.05) is 31.3 Å². The van der Waals surface area contributed by atoms with Crippen LogP contribution in [0, 0.1) is 5.92 Å². The zero-order chi connectivity index (χ0) is 8.97. The fourth-order valence-corrected chi connectivity index (χ4v) is 1.48. The Morgan fingerprint density at radius 2 is 2.58 bits per heavy atom. The number of hydrogen-bond acceptors (Lipinski definition) is 3. The van der Waals surface area contributed by atoms with Crippen molar-refractivity contribution in [3.05, 3.63) is 0 Å². The monoisotopic (exact) mass is 167 g/mol. The van der Waals surface area contributed by atoms with Crippen LogP contribution in [0.25, 0.3) is 0 Å². The summed E-state index contributed by atoms with van der Waals surface area (Å²) in [6, 6.07) is 0. The van der Waals surface area contributed by atoms with Crippen LogP contribution in [0.3, 0.4) is 0 Å². The third-order valence-electron chi connectivity index (χ3n) is 2.00. The number of amides is 1. The van der Waals surface area contributed by atoms with Crippen molar-refractivity contribution in [2.75, 3.05) is 26.7 Å². The normalized spacial score (nSPS) is 27.8. The van der Waals surface area contributed by atoms with Crippen molar-refractivity contribution in [1.82, 2.24) is 4.90 Å². The molecular weight excluding hydrogens is 154 g/mol. The topological polar surface area (TPSA) is 45.0 Å². The summed E-state index contributed by atoms with van der Waals surface area (Å²) in [5.74, 6) is 0.290. The maximum atomic E-state index is 10.2. The average Bonchev–Trinajstić information content (AvgIpc) is 2.33. The van der Waals surface area contributed by atoms with Gasteiger partial charge < -0.3 is 9.89 Å². The summed E-state index contributed by atoms with van der Waals surface area (Å²) in [7, 11) is 2.00. The fraction of sp³-hybridized carbons (Fsp3) is 0.625. The molecule has 1 rings (SSSR count). The molecule has 0 saturated carbocycles. The van der Waals surface area contributed by atoms with Crippen molar-refractivity contribution in [1.29, 1.82) is 0 Å². The molecule has 0 aliphatic carbocycles. The number of aliphatic imine (C=N–C) groups is 2. The zero-order valence-corrected chi connectivity index (χ0v) is 7.23. The first-order valence-corrected chi connectivity index (χ1v) is 3.89. The summed E-state index contributed by atoms with van der Waals surface area (Å²) in [6.45, 7) is 5.79. The van der Waals surface area contributed by atoms with Crippen LogP contribution in [0.5, 0.6) is 0 Å². The molecule has 0 radical (unpaired) electrons. The molecule has 4 heteroatoms. The van der Waals surface area contributed by atoms with Gasteiger partial charge in [0.05, 0.1) is 0 Å². The molecule has 1 fully saturated rings. The van der Waals surface area contributed by atoms with E-state index in [1.165, 1.54) is 0 Å². The maximum Gasteiger partial charge on any atom is 0.232 e. The van der Waals surface area contributed by atoms with Crippen LogP contribution in [0.4, 0.5) is 0 Å². The molecule has 12 heavy (non-hydrogen) atoms. The average molecular weight is 167 g/mol. The Morgan fingerprint density at radius 1 is 1.83 bits per heavy atom. The minimum absolute atomic E-state index is 0.290. The number of hydrogen-bond donors (Lipinski definition) is 0. The van der Waals surface area contributed by atoms with Crippen LogP contribution in [0.1, 0.15) is 0 Å². The second-order valence-electron chi connectivity index (χ2n) is 3.03. The molecule has 0 N–H and O–H groups in total.